The summed E-state index contributed by atoms with van der Waals surface area (Å²) >= 11 is 2.64. The molecule has 2 aromatic heterocycles. The third-order valence-electron chi connectivity index (χ3n) is 3.61. The van der Waals surface area contributed by atoms with E-state index in [0.29, 0.717) is 22.9 Å². The number of nitrogens with zero attached hydrogens (tertiary/aromatic N) is 3. The van der Waals surface area contributed by atoms with E-state index < -0.39 is 11.6 Å². The number of carbonyl (C=O) groups is 1. The van der Waals surface area contributed by atoms with Gasteiger partial charge in [-0.05, 0) is 31.6 Å². The summed E-state index contributed by atoms with van der Waals surface area (Å²) in [6.45, 7) is 1.07. The average molecular weight is 418 g/mol. The highest BCUT2D eigenvalue weighted by Crippen LogP contribution is 2.31. The van der Waals surface area contributed by atoms with Gasteiger partial charge in [-0.15, -0.1) is 23.7 Å². The molecule has 0 fully saturated rings. The van der Waals surface area contributed by atoms with Gasteiger partial charge in [-0.1, -0.05) is 17.4 Å². The zero-order valence-electron chi connectivity index (χ0n) is 14.2. The molecule has 2 heterocycles. The monoisotopic (exact) mass is 417 g/mol. The molecule has 0 aliphatic heterocycles. The number of hydrogen-bond donors (Lipinski definition) is 0. The van der Waals surface area contributed by atoms with Crippen molar-refractivity contribution >= 4 is 56.3 Å². The molecule has 9 heteroatoms. The van der Waals surface area contributed by atoms with Gasteiger partial charge in [-0.3, -0.25) is 9.69 Å². The molecule has 1 amide bonds. The smallest absolute Gasteiger partial charge is 0.234 e. The lowest BCUT2D eigenvalue weighted by molar-refractivity contribution is -0.118. The molecule has 0 N–H and O–H groups in total. The number of hydrogen-bond acceptors (Lipinski definition) is 5. The number of thiophene rings is 1. The molecule has 0 atom stereocenters. The van der Waals surface area contributed by atoms with Crippen molar-refractivity contribution in [3.05, 3.63) is 46.2 Å². The molecule has 0 radical (unpaired) electrons. The number of fused-ring (bicyclic) bond motifs is 1. The standard InChI is InChI=1S/C17H17F2N3OS2.ClH/c1-21(2)5-6-22(15(23)10-12-4-3-7-24-12)17-20-16-13(19)8-11(18)9-14(16)25-17;/h3-4,7-9H,5-6,10H2,1-2H3;1H. The van der Waals surface area contributed by atoms with Crippen LogP contribution in [-0.2, 0) is 11.2 Å². The highest BCUT2D eigenvalue weighted by molar-refractivity contribution is 7.22. The van der Waals surface area contributed by atoms with E-state index in [9.17, 15) is 13.6 Å². The first-order chi connectivity index (χ1) is 11.9. The van der Waals surface area contributed by atoms with E-state index in [1.54, 1.807) is 4.90 Å². The molecule has 0 unspecified atom stereocenters. The maximum Gasteiger partial charge on any atom is 0.234 e. The fourth-order valence-electron chi connectivity index (χ4n) is 2.35. The molecule has 0 saturated heterocycles. The zero-order chi connectivity index (χ0) is 18.0. The van der Waals surface area contributed by atoms with Crippen molar-refractivity contribution in [2.75, 3.05) is 32.1 Å². The van der Waals surface area contributed by atoms with Gasteiger partial charge in [0.05, 0.1) is 11.1 Å². The highest BCUT2D eigenvalue weighted by atomic mass is 35.5. The predicted molar refractivity (Wildman–Crippen MR) is 106 cm³/mol. The van der Waals surface area contributed by atoms with Crippen molar-refractivity contribution in [1.82, 2.24) is 9.88 Å². The summed E-state index contributed by atoms with van der Waals surface area (Å²) in [7, 11) is 3.82. The topological polar surface area (TPSA) is 36.4 Å². The van der Waals surface area contributed by atoms with Gasteiger partial charge in [0.15, 0.2) is 10.9 Å². The third kappa shape index (κ3) is 4.76. The van der Waals surface area contributed by atoms with Gasteiger partial charge < -0.3 is 4.90 Å². The van der Waals surface area contributed by atoms with E-state index in [4.69, 9.17) is 0 Å². The Morgan fingerprint density at radius 3 is 2.65 bits per heavy atom. The molecule has 1 aromatic carbocycles. The second-order valence-corrected chi connectivity index (χ2v) is 7.88. The van der Waals surface area contributed by atoms with Crippen molar-refractivity contribution in [2.45, 2.75) is 6.42 Å². The molecule has 0 aliphatic rings. The van der Waals surface area contributed by atoms with Crippen molar-refractivity contribution < 1.29 is 13.6 Å². The summed E-state index contributed by atoms with van der Waals surface area (Å²) in [4.78, 5) is 21.5. The Kier molecular flexibility index (Phi) is 7.05. The second-order valence-electron chi connectivity index (χ2n) is 5.84. The number of thiazole rings is 1. The molecular weight excluding hydrogens is 400 g/mol. The van der Waals surface area contributed by atoms with Crippen LogP contribution in [0.3, 0.4) is 0 Å². The number of rotatable bonds is 6. The van der Waals surface area contributed by atoms with E-state index in [-0.39, 0.29) is 30.3 Å². The Morgan fingerprint density at radius 2 is 2.00 bits per heavy atom. The lowest BCUT2D eigenvalue weighted by Gasteiger charge is -2.21. The summed E-state index contributed by atoms with van der Waals surface area (Å²) in [5, 5.41) is 2.31. The molecule has 3 rings (SSSR count). The predicted octanol–water partition coefficient (Wildman–Crippen LogP) is 4.20. The summed E-state index contributed by atoms with van der Waals surface area (Å²) in [6.07, 6.45) is 0.262. The van der Waals surface area contributed by atoms with Crippen LogP contribution in [0.2, 0.25) is 0 Å². The third-order valence-corrected chi connectivity index (χ3v) is 5.51. The van der Waals surface area contributed by atoms with Crippen LogP contribution >= 0.6 is 35.1 Å². The van der Waals surface area contributed by atoms with Gasteiger partial charge >= 0.3 is 0 Å². The van der Waals surface area contributed by atoms with Gasteiger partial charge in [-0.25, -0.2) is 13.8 Å². The summed E-state index contributed by atoms with van der Waals surface area (Å²) in [5.74, 6) is -1.47. The zero-order valence-corrected chi connectivity index (χ0v) is 16.7. The van der Waals surface area contributed by atoms with E-state index in [0.717, 1.165) is 22.3 Å². The minimum Gasteiger partial charge on any atom is -0.308 e. The summed E-state index contributed by atoms with van der Waals surface area (Å²) < 4.78 is 27.8. The van der Waals surface area contributed by atoms with Crippen LogP contribution in [-0.4, -0.2) is 43.0 Å². The average Bonchev–Trinajstić information content (AvgIpc) is 3.16. The number of benzene rings is 1. The van der Waals surface area contributed by atoms with Gasteiger partial charge in [0.2, 0.25) is 5.91 Å². The van der Waals surface area contributed by atoms with Crippen LogP contribution in [0.5, 0.6) is 0 Å². The van der Waals surface area contributed by atoms with Crippen LogP contribution < -0.4 is 4.90 Å². The Morgan fingerprint density at radius 1 is 1.23 bits per heavy atom. The fraction of sp³-hybridized carbons (Fsp3) is 0.294. The molecule has 26 heavy (non-hydrogen) atoms. The normalized spacial score (nSPS) is 11.0. The fourth-order valence-corrected chi connectivity index (χ4v) is 4.09. The molecule has 4 nitrogen and oxygen atoms in total. The highest BCUT2D eigenvalue weighted by Gasteiger charge is 2.21. The maximum absolute atomic E-state index is 13.9. The Bertz CT molecular complexity index is 884. The first kappa shape index (κ1) is 20.7. The maximum atomic E-state index is 13.9. The minimum atomic E-state index is -0.712. The number of aromatic nitrogens is 1. The Labute approximate surface area is 164 Å². The number of carbonyl (C=O) groups excluding carboxylic acids is 1. The minimum absolute atomic E-state index is 0. The van der Waals surface area contributed by atoms with E-state index in [2.05, 4.69) is 4.98 Å². The van der Waals surface area contributed by atoms with E-state index in [1.807, 2.05) is 36.5 Å². The van der Waals surface area contributed by atoms with Gasteiger partial charge in [0, 0.05) is 24.0 Å². The largest absolute Gasteiger partial charge is 0.308 e. The molecule has 140 valence electrons. The van der Waals surface area contributed by atoms with Crippen molar-refractivity contribution in [1.29, 1.82) is 0 Å². The van der Waals surface area contributed by atoms with Crippen molar-refractivity contribution in [2.24, 2.45) is 0 Å². The molecule has 0 bridgehead atoms. The number of likely N-dealkylation sites (N-methyl/N-ethyl adjacent to an activating group) is 1. The lowest BCUT2D eigenvalue weighted by Crippen LogP contribution is -2.37. The quantitative estimate of drug-likeness (QED) is 0.603. The van der Waals surface area contributed by atoms with Crippen LogP contribution in [0.1, 0.15) is 4.88 Å². The Hall–Kier alpha value is -1.61. The molecule has 0 spiro atoms. The molecule has 3 aromatic rings. The first-order valence-corrected chi connectivity index (χ1v) is 9.36. The van der Waals surface area contributed by atoms with Crippen LogP contribution in [0.15, 0.2) is 29.6 Å². The van der Waals surface area contributed by atoms with Gasteiger partial charge in [0.25, 0.3) is 0 Å². The molecule has 0 saturated carbocycles. The second kappa shape index (κ2) is 8.85. The first-order valence-electron chi connectivity index (χ1n) is 7.67. The lowest BCUT2D eigenvalue weighted by atomic mass is 10.3. The van der Waals surface area contributed by atoms with Crippen molar-refractivity contribution in [3.8, 4) is 0 Å². The van der Waals surface area contributed by atoms with Gasteiger partial charge in [0.1, 0.15) is 11.3 Å². The van der Waals surface area contributed by atoms with E-state index >= 15 is 0 Å². The summed E-state index contributed by atoms with van der Waals surface area (Å²) in [5.41, 5.74) is 0.0974. The van der Waals surface area contributed by atoms with Crippen LogP contribution in [0.4, 0.5) is 13.9 Å². The summed E-state index contributed by atoms with van der Waals surface area (Å²) in [6, 6.07) is 5.85. The van der Waals surface area contributed by atoms with Crippen molar-refractivity contribution in [3.63, 3.8) is 0 Å². The number of halogens is 3. The molecular formula is C17H18ClF2N3OS2. The SMILES string of the molecule is CN(C)CCN(C(=O)Cc1cccs1)c1nc2c(F)cc(F)cc2s1.Cl. The number of amides is 1. The molecule has 0 aliphatic carbocycles. The Balaban J connectivity index is 0.00000243. The number of anilines is 1. The van der Waals surface area contributed by atoms with Gasteiger partial charge in [-0.2, -0.15) is 0 Å². The van der Waals surface area contributed by atoms with Crippen LogP contribution in [0.25, 0.3) is 10.2 Å². The van der Waals surface area contributed by atoms with E-state index in [1.165, 1.54) is 17.4 Å². The van der Waals surface area contributed by atoms with Crippen LogP contribution in [0, 0.1) is 11.6 Å².